The van der Waals surface area contributed by atoms with E-state index >= 15 is 0 Å². The van der Waals surface area contributed by atoms with Gasteiger partial charge in [0.15, 0.2) is 0 Å². The molecule has 0 amide bonds. The van der Waals surface area contributed by atoms with Crippen LogP contribution in [0.4, 0.5) is 0 Å². The van der Waals surface area contributed by atoms with Gasteiger partial charge in [0.2, 0.25) is 0 Å². The van der Waals surface area contributed by atoms with Crippen molar-refractivity contribution < 1.29 is 19.1 Å². The van der Waals surface area contributed by atoms with E-state index in [0.717, 1.165) is 12.8 Å². The lowest BCUT2D eigenvalue weighted by Crippen LogP contribution is -2.69. The first-order chi connectivity index (χ1) is 17.4. The molecular weight excluding hydrogens is 472 g/mol. The Bertz CT molecular complexity index is 983. The van der Waals surface area contributed by atoms with Gasteiger partial charge in [0.1, 0.15) is 12.2 Å². The predicted molar refractivity (Wildman–Crippen MR) is 151 cm³/mol. The van der Waals surface area contributed by atoms with Gasteiger partial charge in [-0.3, -0.25) is 9.59 Å². The first kappa shape index (κ1) is 28.5. The Morgan fingerprint density at radius 2 is 1.13 bits per heavy atom. The van der Waals surface area contributed by atoms with Gasteiger partial charge in [-0.1, -0.05) is 55.4 Å². The highest BCUT2D eigenvalue weighted by Crippen LogP contribution is 2.77. The lowest BCUT2D eigenvalue weighted by molar-refractivity contribution is -0.271. The van der Waals surface area contributed by atoms with E-state index in [9.17, 15) is 9.59 Å². The van der Waals surface area contributed by atoms with Crippen LogP contribution in [0.2, 0.25) is 0 Å². The van der Waals surface area contributed by atoms with Crippen LogP contribution < -0.4 is 0 Å². The van der Waals surface area contributed by atoms with Gasteiger partial charge < -0.3 is 9.47 Å². The Morgan fingerprint density at radius 3 is 1.71 bits per heavy atom. The molecule has 0 radical (unpaired) electrons. The Balaban J connectivity index is 1.48. The van der Waals surface area contributed by atoms with Crippen LogP contribution in [-0.2, 0) is 19.1 Å². The lowest BCUT2D eigenvalue weighted by atomic mass is 9.30. The summed E-state index contributed by atoms with van der Waals surface area (Å²) in [6, 6.07) is 0. The predicted octanol–water partition coefficient (Wildman–Crippen LogP) is 8.36. The summed E-state index contributed by atoms with van der Waals surface area (Å²) < 4.78 is 12.1. The number of fused-ring (bicyclic) bond motifs is 7. The molecule has 0 aromatic carbocycles. The smallest absolute Gasteiger partial charge is 0.302 e. The van der Waals surface area contributed by atoms with Crippen molar-refractivity contribution in [3.8, 4) is 0 Å². The molecule has 5 aliphatic rings. The zero-order valence-corrected chi connectivity index (χ0v) is 26.2. The summed E-state index contributed by atoms with van der Waals surface area (Å²) in [7, 11) is 0. The summed E-state index contributed by atoms with van der Waals surface area (Å²) in [5, 5.41) is 0. The molecule has 5 saturated carbocycles. The molecule has 0 aliphatic heterocycles. The summed E-state index contributed by atoms with van der Waals surface area (Å²) in [5.74, 6) is 2.18. The molecular formula is C34H56O4. The molecule has 0 heterocycles. The van der Waals surface area contributed by atoms with Gasteiger partial charge in [0.05, 0.1) is 0 Å². The van der Waals surface area contributed by atoms with Crippen LogP contribution in [0.1, 0.15) is 133 Å². The maximum atomic E-state index is 12.2. The summed E-state index contributed by atoms with van der Waals surface area (Å²) in [6.45, 7) is 23.1. The number of carbonyl (C=O) groups is 2. The SMILES string of the molecule is CC(=O)O[C@H]1CC[C@@]2(C)[C@@H](CC[C@@]3(C)[C@H]2CC[C@H]2[C@]4(C)CCC(C)(C)[C@@H](OC(C)=O)[C@H]4CC[C@@]23C)C1(C)C. The fraction of sp³-hybridized carbons (Fsp3) is 0.941. The van der Waals surface area contributed by atoms with E-state index < -0.39 is 0 Å². The van der Waals surface area contributed by atoms with Crippen LogP contribution >= 0.6 is 0 Å². The van der Waals surface area contributed by atoms with Crippen molar-refractivity contribution in [3.05, 3.63) is 0 Å². The second-order valence-electron chi connectivity index (χ2n) is 16.7. The van der Waals surface area contributed by atoms with Gasteiger partial charge in [0.25, 0.3) is 0 Å². The van der Waals surface area contributed by atoms with Crippen molar-refractivity contribution in [3.63, 3.8) is 0 Å². The normalized spacial score (nSPS) is 50.9. The van der Waals surface area contributed by atoms with Crippen LogP contribution in [0.5, 0.6) is 0 Å². The number of esters is 2. The minimum atomic E-state index is -0.131. The van der Waals surface area contributed by atoms with Crippen LogP contribution in [-0.4, -0.2) is 24.1 Å². The van der Waals surface area contributed by atoms with E-state index in [1.807, 2.05) is 0 Å². The van der Waals surface area contributed by atoms with Gasteiger partial charge in [-0.2, -0.15) is 0 Å². The molecule has 0 aromatic heterocycles. The van der Waals surface area contributed by atoms with Crippen LogP contribution in [0.25, 0.3) is 0 Å². The topological polar surface area (TPSA) is 52.6 Å². The van der Waals surface area contributed by atoms with Crippen molar-refractivity contribution in [1.29, 1.82) is 0 Å². The molecule has 5 rings (SSSR count). The Kier molecular flexibility index (Phi) is 6.53. The molecule has 216 valence electrons. The standard InChI is InChI=1S/C34H56O4/c1-21(35)37-27-15-16-32(8)24(30(27,5)6)14-18-34(10)26(32)12-11-25-31(7)20-19-29(3,4)28(38-22(2)36)23(31)13-17-33(25,34)9/h23-28H,11-20H2,1-10H3/t23-,24+,25+,26+,27+,28+,31-,32+,33+,34+/m1/s1. The second-order valence-corrected chi connectivity index (χ2v) is 16.7. The molecule has 5 fully saturated rings. The maximum absolute atomic E-state index is 12.2. The van der Waals surface area contributed by atoms with E-state index in [-0.39, 0.29) is 45.8 Å². The summed E-state index contributed by atoms with van der Waals surface area (Å²) in [5.41, 5.74) is 1.17. The van der Waals surface area contributed by atoms with Gasteiger partial charge in [-0.25, -0.2) is 0 Å². The zero-order valence-electron chi connectivity index (χ0n) is 26.2. The van der Waals surface area contributed by atoms with Gasteiger partial charge in [-0.05, 0) is 104 Å². The largest absolute Gasteiger partial charge is 0.462 e. The maximum Gasteiger partial charge on any atom is 0.302 e. The Hall–Kier alpha value is -1.06. The first-order valence-electron chi connectivity index (χ1n) is 15.8. The van der Waals surface area contributed by atoms with Crippen LogP contribution in [0, 0.1) is 56.2 Å². The number of carbonyl (C=O) groups excluding carboxylic acids is 2. The number of rotatable bonds is 2. The molecule has 0 saturated heterocycles. The summed E-state index contributed by atoms with van der Waals surface area (Å²) in [6.07, 6.45) is 12.2. The molecule has 4 heteroatoms. The van der Waals surface area contributed by atoms with Gasteiger partial charge in [0, 0.05) is 30.6 Å². The average molecular weight is 529 g/mol. The van der Waals surface area contributed by atoms with E-state index in [2.05, 4.69) is 55.4 Å². The molecule has 4 nitrogen and oxygen atoms in total. The number of ether oxygens (including phenoxy) is 2. The fourth-order valence-corrected chi connectivity index (χ4v) is 12.4. The highest BCUT2D eigenvalue weighted by atomic mass is 16.5. The van der Waals surface area contributed by atoms with E-state index in [4.69, 9.17) is 9.47 Å². The third-order valence-electron chi connectivity index (χ3n) is 14.5. The highest BCUT2D eigenvalue weighted by molar-refractivity contribution is 5.66. The Morgan fingerprint density at radius 1 is 0.579 bits per heavy atom. The van der Waals surface area contributed by atoms with Crippen molar-refractivity contribution >= 4 is 11.9 Å². The summed E-state index contributed by atoms with van der Waals surface area (Å²) >= 11 is 0. The molecule has 10 atom stereocenters. The van der Waals surface area contributed by atoms with Crippen molar-refractivity contribution in [1.82, 2.24) is 0 Å². The Labute approximate surface area is 232 Å². The molecule has 0 aromatic rings. The third-order valence-corrected chi connectivity index (χ3v) is 14.5. The monoisotopic (exact) mass is 528 g/mol. The average Bonchev–Trinajstić information content (AvgIpc) is 2.78. The quantitative estimate of drug-likeness (QED) is 0.338. The second kappa shape index (κ2) is 8.72. The van der Waals surface area contributed by atoms with E-state index in [1.54, 1.807) is 13.8 Å². The van der Waals surface area contributed by atoms with Crippen molar-refractivity contribution in [2.75, 3.05) is 0 Å². The van der Waals surface area contributed by atoms with E-state index in [1.165, 1.54) is 51.4 Å². The van der Waals surface area contributed by atoms with Crippen LogP contribution in [0.3, 0.4) is 0 Å². The third kappa shape index (κ3) is 3.73. The van der Waals surface area contributed by atoms with E-state index in [0.29, 0.717) is 34.5 Å². The fourth-order valence-electron chi connectivity index (χ4n) is 12.4. The molecule has 0 spiro atoms. The van der Waals surface area contributed by atoms with Crippen molar-refractivity contribution in [2.45, 2.75) is 146 Å². The molecule has 0 unspecified atom stereocenters. The van der Waals surface area contributed by atoms with Gasteiger partial charge >= 0.3 is 11.9 Å². The first-order valence-corrected chi connectivity index (χ1v) is 15.8. The molecule has 38 heavy (non-hydrogen) atoms. The highest BCUT2D eigenvalue weighted by Gasteiger charge is 2.71. The minimum absolute atomic E-state index is 0.00754. The molecule has 5 aliphatic carbocycles. The van der Waals surface area contributed by atoms with Crippen molar-refractivity contribution in [2.24, 2.45) is 56.2 Å². The summed E-state index contributed by atoms with van der Waals surface area (Å²) in [4.78, 5) is 24.2. The van der Waals surface area contributed by atoms with Crippen LogP contribution in [0.15, 0.2) is 0 Å². The van der Waals surface area contributed by atoms with Gasteiger partial charge in [-0.15, -0.1) is 0 Å². The lowest BCUT2D eigenvalue weighted by Gasteiger charge is -2.74. The minimum Gasteiger partial charge on any atom is -0.462 e. The number of hydrogen-bond acceptors (Lipinski definition) is 4. The zero-order chi connectivity index (χ0) is 28.1. The molecule has 0 bridgehead atoms. The number of hydrogen-bond donors (Lipinski definition) is 0. The molecule has 0 N–H and O–H groups in total.